The highest BCUT2D eigenvalue weighted by Gasteiger charge is 2.32. The van der Waals surface area contributed by atoms with Crippen LogP contribution < -0.4 is 0 Å². The van der Waals surface area contributed by atoms with Crippen LogP contribution >= 0.6 is 0 Å². The Kier molecular flexibility index (Phi) is 5.02. The maximum Gasteiger partial charge on any atom is 0.248 e. The van der Waals surface area contributed by atoms with Crippen molar-refractivity contribution < 1.29 is 9.53 Å². The fraction of sp³-hybridized carbons (Fsp3) is 0.765. The van der Waals surface area contributed by atoms with Gasteiger partial charge in [0.05, 0.1) is 24.5 Å². The van der Waals surface area contributed by atoms with Crippen LogP contribution in [-0.4, -0.2) is 58.5 Å². The van der Waals surface area contributed by atoms with Gasteiger partial charge in [0.1, 0.15) is 12.4 Å². The van der Waals surface area contributed by atoms with Crippen LogP contribution in [0.2, 0.25) is 0 Å². The fourth-order valence-electron chi connectivity index (χ4n) is 3.80. The maximum atomic E-state index is 11.6. The van der Waals surface area contributed by atoms with Crippen molar-refractivity contribution in [1.29, 1.82) is 0 Å². The Hall–Kier alpha value is -1.40. The number of carbonyl (C=O) groups excluding carboxylic acids is 1. The second-order valence-corrected chi connectivity index (χ2v) is 6.89. The third-order valence-corrected chi connectivity index (χ3v) is 5.19. The predicted octanol–water partition coefficient (Wildman–Crippen LogP) is 1.81. The molecule has 1 aliphatic heterocycles. The molecule has 1 atom stereocenters. The van der Waals surface area contributed by atoms with Gasteiger partial charge in [-0.3, -0.25) is 9.69 Å². The summed E-state index contributed by atoms with van der Waals surface area (Å²) in [6.45, 7) is 4.88. The molecular weight excluding hydrogens is 292 g/mol. The van der Waals surface area contributed by atoms with Crippen molar-refractivity contribution in [2.75, 3.05) is 27.2 Å². The Morgan fingerprint density at radius 2 is 2.09 bits per heavy atom. The number of carbonyl (C=O) groups is 1. The molecule has 6 nitrogen and oxygen atoms in total. The summed E-state index contributed by atoms with van der Waals surface area (Å²) in [5.41, 5.74) is 1.07. The summed E-state index contributed by atoms with van der Waals surface area (Å²) >= 11 is 0. The molecule has 0 spiro atoms. The number of aromatic nitrogens is 2. The number of likely N-dealkylation sites (N-methyl/N-ethyl adjacent to an activating group) is 1. The summed E-state index contributed by atoms with van der Waals surface area (Å²) in [7, 11) is 3.48. The van der Waals surface area contributed by atoms with E-state index >= 15 is 0 Å². The molecule has 0 saturated heterocycles. The minimum absolute atomic E-state index is 0.0100. The maximum absolute atomic E-state index is 11.6. The lowest BCUT2D eigenvalue weighted by Crippen LogP contribution is -2.43. The van der Waals surface area contributed by atoms with Gasteiger partial charge in [0.25, 0.3) is 0 Å². The SMILES string of the molecule is C[C@H]1c2ncc(COCC(=O)N(C)C)n2CCN1C1CCCC1. The average Bonchev–Trinajstić information content (AvgIpc) is 3.17. The molecule has 2 aliphatic rings. The number of amides is 1. The Morgan fingerprint density at radius 1 is 1.35 bits per heavy atom. The molecular formula is C17H28N4O2. The summed E-state index contributed by atoms with van der Waals surface area (Å²) in [4.78, 5) is 20.4. The zero-order chi connectivity index (χ0) is 16.4. The molecule has 1 aromatic rings. The van der Waals surface area contributed by atoms with E-state index in [0.29, 0.717) is 12.6 Å². The van der Waals surface area contributed by atoms with E-state index in [1.165, 1.54) is 25.7 Å². The van der Waals surface area contributed by atoms with E-state index in [9.17, 15) is 4.79 Å². The van der Waals surface area contributed by atoms with Gasteiger partial charge in [-0.2, -0.15) is 0 Å². The second kappa shape index (κ2) is 7.01. The van der Waals surface area contributed by atoms with Gasteiger partial charge in [0, 0.05) is 33.2 Å². The molecule has 3 rings (SSSR count). The summed E-state index contributed by atoms with van der Waals surface area (Å²) in [6, 6.07) is 1.09. The Bertz CT molecular complexity index is 549. The van der Waals surface area contributed by atoms with Gasteiger partial charge in [-0.25, -0.2) is 4.98 Å². The minimum atomic E-state index is -0.0100. The highest BCUT2D eigenvalue weighted by molar-refractivity contribution is 5.76. The topological polar surface area (TPSA) is 50.6 Å². The van der Waals surface area contributed by atoms with Crippen LogP contribution in [0.3, 0.4) is 0 Å². The van der Waals surface area contributed by atoms with Gasteiger partial charge < -0.3 is 14.2 Å². The number of hydrogen-bond donors (Lipinski definition) is 0. The molecule has 128 valence electrons. The third kappa shape index (κ3) is 3.43. The Balaban J connectivity index is 1.62. The number of imidazole rings is 1. The van der Waals surface area contributed by atoms with E-state index < -0.39 is 0 Å². The van der Waals surface area contributed by atoms with Gasteiger partial charge >= 0.3 is 0 Å². The first-order chi connectivity index (χ1) is 11.1. The first-order valence-electron chi connectivity index (χ1n) is 8.66. The van der Waals surface area contributed by atoms with E-state index in [-0.39, 0.29) is 12.5 Å². The van der Waals surface area contributed by atoms with Gasteiger partial charge in [0.2, 0.25) is 5.91 Å². The largest absolute Gasteiger partial charge is 0.365 e. The van der Waals surface area contributed by atoms with Crippen LogP contribution in [0.5, 0.6) is 0 Å². The van der Waals surface area contributed by atoms with Crippen LogP contribution in [0, 0.1) is 0 Å². The summed E-state index contributed by atoms with van der Waals surface area (Å²) in [5, 5.41) is 0. The standard InChI is InChI=1S/C17H28N4O2/c1-13-17-18-10-15(11-23-12-16(22)19(2)3)21(17)9-8-20(13)14-6-4-5-7-14/h10,13-14H,4-9,11-12H2,1-3H3/t13-/m0/s1. The quantitative estimate of drug-likeness (QED) is 0.830. The number of ether oxygens (including phenoxy) is 1. The normalized spacial score (nSPS) is 22.3. The average molecular weight is 320 g/mol. The molecule has 0 bridgehead atoms. The van der Waals surface area contributed by atoms with Crippen molar-refractivity contribution in [3.05, 3.63) is 17.7 Å². The van der Waals surface area contributed by atoms with E-state index in [4.69, 9.17) is 4.74 Å². The monoisotopic (exact) mass is 320 g/mol. The number of rotatable bonds is 5. The predicted molar refractivity (Wildman–Crippen MR) is 88.0 cm³/mol. The molecule has 1 saturated carbocycles. The Morgan fingerprint density at radius 3 is 2.78 bits per heavy atom. The molecule has 1 fully saturated rings. The van der Waals surface area contributed by atoms with E-state index in [0.717, 1.165) is 30.6 Å². The second-order valence-electron chi connectivity index (χ2n) is 6.89. The number of fused-ring (bicyclic) bond motifs is 1. The van der Waals surface area contributed by atoms with Gasteiger partial charge in [0.15, 0.2) is 0 Å². The first-order valence-corrected chi connectivity index (χ1v) is 8.66. The molecule has 1 aromatic heterocycles. The Labute approximate surface area is 138 Å². The lowest BCUT2D eigenvalue weighted by atomic mass is 10.1. The highest BCUT2D eigenvalue weighted by Crippen LogP contribution is 2.33. The molecule has 2 heterocycles. The molecule has 0 aromatic carbocycles. The third-order valence-electron chi connectivity index (χ3n) is 5.19. The van der Waals surface area contributed by atoms with Crippen LogP contribution in [0.15, 0.2) is 6.20 Å². The van der Waals surface area contributed by atoms with Crippen molar-refractivity contribution in [3.8, 4) is 0 Å². The zero-order valence-corrected chi connectivity index (χ0v) is 14.5. The molecule has 1 aliphatic carbocycles. The van der Waals surface area contributed by atoms with Gasteiger partial charge in [-0.15, -0.1) is 0 Å². The smallest absolute Gasteiger partial charge is 0.248 e. The summed E-state index contributed by atoms with van der Waals surface area (Å²) in [5.74, 6) is 1.13. The van der Waals surface area contributed by atoms with Crippen LogP contribution in [0.1, 0.15) is 50.2 Å². The molecule has 23 heavy (non-hydrogen) atoms. The number of nitrogens with zero attached hydrogens (tertiary/aromatic N) is 4. The van der Waals surface area contributed by atoms with Crippen LogP contribution in [-0.2, 0) is 22.7 Å². The van der Waals surface area contributed by atoms with E-state index in [1.807, 2.05) is 6.20 Å². The van der Waals surface area contributed by atoms with Gasteiger partial charge in [-0.1, -0.05) is 12.8 Å². The highest BCUT2D eigenvalue weighted by atomic mass is 16.5. The number of hydrogen-bond acceptors (Lipinski definition) is 4. The van der Waals surface area contributed by atoms with Crippen molar-refractivity contribution in [3.63, 3.8) is 0 Å². The van der Waals surface area contributed by atoms with Crippen molar-refractivity contribution in [1.82, 2.24) is 19.4 Å². The van der Waals surface area contributed by atoms with E-state index in [2.05, 4.69) is 21.4 Å². The molecule has 6 heteroatoms. The molecule has 0 unspecified atom stereocenters. The molecule has 1 amide bonds. The van der Waals surface area contributed by atoms with Crippen LogP contribution in [0.25, 0.3) is 0 Å². The summed E-state index contributed by atoms with van der Waals surface area (Å²) in [6.07, 6.45) is 7.29. The summed E-state index contributed by atoms with van der Waals surface area (Å²) < 4.78 is 7.84. The van der Waals surface area contributed by atoms with Crippen molar-refractivity contribution >= 4 is 5.91 Å². The lowest BCUT2D eigenvalue weighted by Gasteiger charge is -2.38. The lowest BCUT2D eigenvalue weighted by molar-refractivity contribution is -0.134. The van der Waals surface area contributed by atoms with Gasteiger partial charge in [-0.05, 0) is 19.8 Å². The van der Waals surface area contributed by atoms with Crippen molar-refractivity contribution in [2.45, 2.75) is 57.8 Å². The molecule has 0 N–H and O–H groups in total. The van der Waals surface area contributed by atoms with Crippen LogP contribution in [0.4, 0.5) is 0 Å². The zero-order valence-electron chi connectivity index (χ0n) is 14.5. The van der Waals surface area contributed by atoms with Crippen molar-refractivity contribution in [2.24, 2.45) is 0 Å². The fourth-order valence-corrected chi connectivity index (χ4v) is 3.80. The minimum Gasteiger partial charge on any atom is -0.365 e. The first kappa shape index (κ1) is 16.5. The van der Waals surface area contributed by atoms with E-state index in [1.54, 1.807) is 19.0 Å². The molecule has 0 radical (unpaired) electrons.